The maximum atomic E-state index is 13.7. The van der Waals surface area contributed by atoms with Crippen molar-refractivity contribution in [3.63, 3.8) is 0 Å². The topological polar surface area (TPSA) is 59.6 Å². The van der Waals surface area contributed by atoms with Crippen molar-refractivity contribution in [2.45, 2.75) is 31.7 Å². The lowest BCUT2D eigenvalue weighted by Gasteiger charge is -2.30. The summed E-state index contributed by atoms with van der Waals surface area (Å²) in [5, 5.41) is 7.26. The summed E-state index contributed by atoms with van der Waals surface area (Å²) in [6, 6.07) is 22.2. The Morgan fingerprint density at radius 3 is 2.33 bits per heavy atom. The van der Waals surface area contributed by atoms with Gasteiger partial charge in [0.2, 0.25) is 0 Å². The van der Waals surface area contributed by atoms with Crippen LogP contribution in [0.1, 0.15) is 41.5 Å². The number of para-hydroxylation sites is 2. The van der Waals surface area contributed by atoms with Crippen molar-refractivity contribution >= 4 is 17.2 Å². The van der Waals surface area contributed by atoms with Gasteiger partial charge in [0.05, 0.1) is 31.6 Å². The molecule has 2 N–H and O–H groups in total. The van der Waals surface area contributed by atoms with Crippen LogP contribution in [0.2, 0.25) is 0 Å². The summed E-state index contributed by atoms with van der Waals surface area (Å²) in [5.41, 5.74) is 7.16. The van der Waals surface area contributed by atoms with Crippen LogP contribution in [-0.4, -0.2) is 20.0 Å². The first-order valence-corrected chi connectivity index (χ1v) is 11.2. The van der Waals surface area contributed by atoms with Crippen LogP contribution in [0.3, 0.4) is 0 Å². The summed E-state index contributed by atoms with van der Waals surface area (Å²) in [6.07, 6.45) is 1.20. The SMILES string of the molecule is COc1ccc([C@@H]2CC(=O)C3=C(C2)Nc2ccccc2N[C@@H]3c2ccccc2C)cc1OC. The molecule has 0 spiro atoms. The monoisotopic (exact) mass is 440 g/mol. The van der Waals surface area contributed by atoms with E-state index in [1.807, 2.05) is 42.5 Å². The molecular weight excluding hydrogens is 412 g/mol. The first-order valence-electron chi connectivity index (χ1n) is 11.2. The standard InChI is InChI=1S/C28H28N2O3/c1-17-8-4-5-9-20(17)28-27-23(29-21-10-6-7-11-22(21)30-28)14-19(15-24(27)31)18-12-13-25(32-2)26(16-18)33-3/h4-13,16,19,28-30H,14-15H2,1-3H3/t19-,28+/m0/s1. The minimum atomic E-state index is -0.198. The molecular formula is C28H28N2O3. The number of hydrogen-bond acceptors (Lipinski definition) is 5. The molecule has 5 heteroatoms. The molecule has 2 atom stereocenters. The van der Waals surface area contributed by atoms with Crippen LogP contribution in [0.4, 0.5) is 11.4 Å². The number of rotatable bonds is 4. The van der Waals surface area contributed by atoms with Gasteiger partial charge in [0.1, 0.15) is 0 Å². The Balaban J connectivity index is 1.59. The van der Waals surface area contributed by atoms with Crippen molar-refractivity contribution in [1.29, 1.82) is 0 Å². The van der Waals surface area contributed by atoms with Crippen molar-refractivity contribution < 1.29 is 14.3 Å². The van der Waals surface area contributed by atoms with Crippen LogP contribution in [0.25, 0.3) is 0 Å². The number of hydrogen-bond donors (Lipinski definition) is 2. The molecule has 0 fully saturated rings. The Kier molecular flexibility index (Phi) is 5.55. The van der Waals surface area contributed by atoms with Gasteiger partial charge in [-0.15, -0.1) is 0 Å². The molecule has 1 heterocycles. The number of anilines is 2. The zero-order chi connectivity index (χ0) is 22.9. The van der Waals surface area contributed by atoms with Crippen LogP contribution in [0.5, 0.6) is 11.5 Å². The van der Waals surface area contributed by atoms with Crippen LogP contribution in [0, 0.1) is 6.92 Å². The predicted octanol–water partition coefficient (Wildman–Crippen LogP) is 5.99. The van der Waals surface area contributed by atoms with Gasteiger partial charge in [-0.25, -0.2) is 0 Å². The minimum absolute atomic E-state index is 0.0614. The van der Waals surface area contributed by atoms with Gasteiger partial charge >= 0.3 is 0 Å². The summed E-state index contributed by atoms with van der Waals surface area (Å²) in [5.74, 6) is 1.60. The molecule has 1 aliphatic carbocycles. The highest BCUT2D eigenvalue weighted by Crippen LogP contribution is 2.45. The van der Waals surface area contributed by atoms with Crippen LogP contribution in [-0.2, 0) is 4.79 Å². The maximum absolute atomic E-state index is 13.7. The molecule has 5 nitrogen and oxygen atoms in total. The fourth-order valence-corrected chi connectivity index (χ4v) is 4.98. The molecule has 5 rings (SSSR count). The molecule has 3 aromatic carbocycles. The van der Waals surface area contributed by atoms with E-state index in [0.29, 0.717) is 17.9 Å². The number of benzene rings is 3. The molecule has 0 aromatic heterocycles. The third-order valence-corrected chi connectivity index (χ3v) is 6.69. The second-order valence-corrected chi connectivity index (χ2v) is 8.64. The van der Waals surface area contributed by atoms with Gasteiger partial charge in [0.15, 0.2) is 17.3 Å². The number of ether oxygens (including phenoxy) is 2. The lowest BCUT2D eigenvalue weighted by atomic mass is 9.78. The van der Waals surface area contributed by atoms with E-state index < -0.39 is 0 Å². The molecule has 0 amide bonds. The van der Waals surface area contributed by atoms with Crippen LogP contribution in [0.15, 0.2) is 78.0 Å². The first kappa shape index (κ1) is 21.1. The highest BCUT2D eigenvalue weighted by molar-refractivity contribution is 6.01. The molecule has 0 unspecified atom stereocenters. The lowest BCUT2D eigenvalue weighted by molar-refractivity contribution is -0.116. The van der Waals surface area contributed by atoms with Gasteiger partial charge in [-0.1, -0.05) is 42.5 Å². The molecule has 0 bridgehead atoms. The Bertz CT molecular complexity index is 1250. The summed E-state index contributed by atoms with van der Waals surface area (Å²) < 4.78 is 10.9. The normalized spacial score (nSPS) is 19.5. The number of allylic oxidation sites excluding steroid dienone is 1. The Morgan fingerprint density at radius 2 is 1.58 bits per heavy atom. The van der Waals surface area contributed by atoms with Crippen LogP contribution >= 0.6 is 0 Å². The van der Waals surface area contributed by atoms with Crippen molar-refractivity contribution in [2.75, 3.05) is 24.9 Å². The van der Waals surface area contributed by atoms with Crippen molar-refractivity contribution in [3.8, 4) is 11.5 Å². The largest absolute Gasteiger partial charge is 0.493 e. The first-order chi connectivity index (χ1) is 16.1. The van der Waals surface area contributed by atoms with E-state index in [4.69, 9.17) is 9.47 Å². The molecule has 3 aromatic rings. The number of carbonyl (C=O) groups is 1. The molecule has 1 aliphatic heterocycles. The van der Waals surface area contributed by atoms with Gasteiger partial charge in [0.25, 0.3) is 0 Å². The van der Waals surface area contributed by atoms with Crippen LogP contribution < -0.4 is 20.1 Å². The minimum Gasteiger partial charge on any atom is -0.493 e. The molecule has 0 saturated heterocycles. The number of carbonyl (C=O) groups excluding carboxylic acids is 1. The number of aryl methyl sites for hydroxylation is 1. The van der Waals surface area contributed by atoms with E-state index in [2.05, 4.69) is 41.8 Å². The van der Waals surface area contributed by atoms with Crippen molar-refractivity contribution in [2.24, 2.45) is 0 Å². The quantitative estimate of drug-likeness (QED) is 0.522. The molecule has 0 radical (unpaired) electrons. The third kappa shape index (κ3) is 3.84. The van der Waals surface area contributed by atoms with E-state index in [-0.39, 0.29) is 17.7 Å². The van der Waals surface area contributed by atoms with E-state index in [1.54, 1.807) is 14.2 Å². The zero-order valence-corrected chi connectivity index (χ0v) is 19.1. The maximum Gasteiger partial charge on any atom is 0.163 e. The average molecular weight is 441 g/mol. The highest BCUT2D eigenvalue weighted by Gasteiger charge is 2.36. The number of Topliss-reactive ketones (excluding diaryl/α,β-unsaturated/α-hetero) is 1. The number of nitrogens with one attached hydrogen (secondary N) is 2. The number of methoxy groups -OCH3 is 2. The predicted molar refractivity (Wildman–Crippen MR) is 131 cm³/mol. The molecule has 33 heavy (non-hydrogen) atoms. The fourth-order valence-electron chi connectivity index (χ4n) is 4.98. The Labute approximate surface area is 194 Å². The zero-order valence-electron chi connectivity index (χ0n) is 19.1. The third-order valence-electron chi connectivity index (χ3n) is 6.69. The molecule has 2 aliphatic rings. The average Bonchev–Trinajstić information content (AvgIpc) is 3.00. The van der Waals surface area contributed by atoms with E-state index in [0.717, 1.165) is 45.8 Å². The lowest BCUT2D eigenvalue weighted by Crippen LogP contribution is -2.27. The smallest absolute Gasteiger partial charge is 0.163 e. The van der Waals surface area contributed by atoms with E-state index >= 15 is 0 Å². The summed E-state index contributed by atoms with van der Waals surface area (Å²) in [7, 11) is 3.26. The molecule has 0 saturated carbocycles. The molecule has 168 valence electrons. The second-order valence-electron chi connectivity index (χ2n) is 8.64. The van der Waals surface area contributed by atoms with Gasteiger partial charge in [-0.05, 0) is 60.2 Å². The number of fused-ring (bicyclic) bond motifs is 1. The van der Waals surface area contributed by atoms with Gasteiger partial charge in [-0.2, -0.15) is 0 Å². The summed E-state index contributed by atoms with van der Waals surface area (Å²) in [4.78, 5) is 13.7. The van der Waals surface area contributed by atoms with E-state index in [1.165, 1.54) is 0 Å². The van der Waals surface area contributed by atoms with E-state index in [9.17, 15) is 4.79 Å². The summed E-state index contributed by atoms with van der Waals surface area (Å²) >= 11 is 0. The van der Waals surface area contributed by atoms with Gasteiger partial charge in [0, 0.05) is 17.7 Å². The second kappa shape index (κ2) is 8.66. The van der Waals surface area contributed by atoms with Gasteiger partial charge in [-0.3, -0.25) is 4.79 Å². The highest BCUT2D eigenvalue weighted by atomic mass is 16.5. The van der Waals surface area contributed by atoms with Gasteiger partial charge < -0.3 is 20.1 Å². The number of ketones is 1. The Hall–Kier alpha value is -3.73. The Morgan fingerprint density at radius 1 is 0.848 bits per heavy atom. The summed E-state index contributed by atoms with van der Waals surface area (Å²) in [6.45, 7) is 2.10. The van der Waals surface area contributed by atoms with Crippen molar-refractivity contribution in [1.82, 2.24) is 0 Å². The fraction of sp³-hybridized carbons (Fsp3) is 0.250. The van der Waals surface area contributed by atoms with Crippen molar-refractivity contribution in [3.05, 3.63) is 94.7 Å².